The summed E-state index contributed by atoms with van der Waals surface area (Å²) in [6.45, 7) is 10.8. The van der Waals surface area contributed by atoms with Crippen molar-refractivity contribution in [2.24, 2.45) is 0 Å². The van der Waals surface area contributed by atoms with Crippen LogP contribution in [0.4, 0.5) is 13.2 Å². The normalized spacial score (nSPS) is 11.3. The largest absolute Gasteiger partial charge is 0.418 e. The number of alkyl halides is 3. The van der Waals surface area contributed by atoms with Gasteiger partial charge in [0, 0.05) is 11.8 Å². The molecule has 22 heavy (non-hydrogen) atoms. The third-order valence-corrected chi connectivity index (χ3v) is 3.61. The predicted octanol–water partition coefficient (Wildman–Crippen LogP) is 5.67. The molecule has 0 aliphatic heterocycles. The summed E-state index contributed by atoms with van der Waals surface area (Å²) >= 11 is 0. The predicted molar refractivity (Wildman–Crippen MR) is 84.3 cm³/mol. The van der Waals surface area contributed by atoms with E-state index in [9.17, 15) is 13.2 Å². The zero-order chi connectivity index (χ0) is 16.5. The Balaban J connectivity index is 2.87. The Morgan fingerprint density at radius 1 is 0.955 bits per heavy atom. The van der Waals surface area contributed by atoms with Crippen molar-refractivity contribution < 1.29 is 13.2 Å². The molecule has 1 heterocycles. The minimum absolute atomic E-state index is 0.0782. The van der Waals surface area contributed by atoms with Gasteiger partial charge in [0.2, 0.25) is 0 Å². The first-order valence-electron chi connectivity index (χ1n) is 6.73. The Labute approximate surface area is 127 Å². The lowest BCUT2D eigenvalue weighted by Crippen LogP contribution is -2.11. The number of aryl methyl sites for hydroxylation is 2. The molecule has 0 saturated heterocycles. The van der Waals surface area contributed by atoms with Crippen molar-refractivity contribution in [1.82, 2.24) is 4.98 Å². The molecule has 0 radical (unpaired) electrons. The fourth-order valence-corrected chi connectivity index (χ4v) is 2.56. The van der Waals surface area contributed by atoms with Crippen LogP contribution in [-0.2, 0) is 6.18 Å². The molecule has 0 unspecified atom stereocenters. The third-order valence-electron chi connectivity index (χ3n) is 3.61. The molecule has 1 nitrogen and oxygen atoms in total. The Morgan fingerprint density at radius 2 is 1.59 bits per heavy atom. The molecule has 4 heteroatoms. The zero-order valence-electron chi connectivity index (χ0n) is 12.5. The molecule has 0 fully saturated rings. The fourth-order valence-electron chi connectivity index (χ4n) is 2.56. The van der Waals surface area contributed by atoms with Crippen molar-refractivity contribution in [3.05, 3.63) is 65.4 Å². The number of rotatable bonds is 3. The second-order valence-electron chi connectivity index (χ2n) is 5.01. The monoisotopic (exact) mass is 303 g/mol. The minimum atomic E-state index is -4.47. The number of benzene rings is 1. The number of nitrogens with zero attached hydrogens (tertiary/aromatic N) is 1. The maximum Gasteiger partial charge on any atom is 0.418 e. The summed E-state index contributed by atoms with van der Waals surface area (Å²) in [5, 5.41) is 0. The Morgan fingerprint density at radius 3 is 2.14 bits per heavy atom. The number of hydrogen-bond donors (Lipinski definition) is 0. The number of aromatic nitrogens is 1. The van der Waals surface area contributed by atoms with Crippen molar-refractivity contribution in [2.75, 3.05) is 0 Å². The van der Waals surface area contributed by atoms with Crippen LogP contribution in [-0.4, -0.2) is 4.98 Å². The standard InChI is InChI=1S/C18H16F3N/c1-5-13-11(3)7-8-15(14(13)6-2)17-16(18(19,20)21)12(4)9-10-22-17/h5-10H,1-2H2,3-4H3. The van der Waals surface area contributed by atoms with E-state index in [-0.39, 0.29) is 11.3 Å². The molecule has 1 aromatic heterocycles. The summed E-state index contributed by atoms with van der Waals surface area (Å²) in [7, 11) is 0. The Hall–Kier alpha value is -2.36. The summed E-state index contributed by atoms with van der Waals surface area (Å²) in [6, 6.07) is 4.78. The molecule has 0 amide bonds. The van der Waals surface area contributed by atoms with Crippen molar-refractivity contribution >= 4 is 12.2 Å². The average Bonchev–Trinajstić information content (AvgIpc) is 2.45. The van der Waals surface area contributed by atoms with E-state index in [0.29, 0.717) is 11.1 Å². The average molecular weight is 303 g/mol. The van der Waals surface area contributed by atoms with E-state index in [2.05, 4.69) is 18.1 Å². The van der Waals surface area contributed by atoms with E-state index >= 15 is 0 Å². The van der Waals surface area contributed by atoms with Gasteiger partial charge in [-0.2, -0.15) is 13.2 Å². The molecule has 1 aromatic carbocycles. The highest BCUT2D eigenvalue weighted by Crippen LogP contribution is 2.40. The summed E-state index contributed by atoms with van der Waals surface area (Å²) in [4.78, 5) is 3.99. The zero-order valence-corrected chi connectivity index (χ0v) is 12.5. The van der Waals surface area contributed by atoms with E-state index in [1.807, 2.05) is 6.92 Å². The maximum absolute atomic E-state index is 13.4. The Kier molecular flexibility index (Phi) is 4.22. The van der Waals surface area contributed by atoms with Crippen LogP contribution in [0.2, 0.25) is 0 Å². The fraction of sp³-hybridized carbons (Fsp3) is 0.167. The van der Waals surface area contributed by atoms with Crippen LogP contribution in [0.5, 0.6) is 0 Å². The van der Waals surface area contributed by atoms with Gasteiger partial charge < -0.3 is 0 Å². The lowest BCUT2D eigenvalue weighted by Gasteiger charge is -2.18. The lowest BCUT2D eigenvalue weighted by atomic mass is 9.91. The highest BCUT2D eigenvalue weighted by atomic mass is 19.4. The smallest absolute Gasteiger partial charge is 0.256 e. The van der Waals surface area contributed by atoms with Crippen LogP contribution in [0.25, 0.3) is 23.4 Å². The molecule has 2 aromatic rings. The van der Waals surface area contributed by atoms with E-state index in [0.717, 1.165) is 11.1 Å². The van der Waals surface area contributed by atoms with E-state index < -0.39 is 11.7 Å². The molecule has 0 saturated carbocycles. The minimum Gasteiger partial charge on any atom is -0.256 e. The summed E-state index contributed by atoms with van der Waals surface area (Å²) < 4.78 is 40.2. The molecule has 0 bridgehead atoms. The van der Waals surface area contributed by atoms with Crippen molar-refractivity contribution in [3.63, 3.8) is 0 Å². The highest BCUT2D eigenvalue weighted by molar-refractivity contribution is 5.82. The topological polar surface area (TPSA) is 12.9 Å². The molecule has 0 N–H and O–H groups in total. The van der Waals surface area contributed by atoms with Gasteiger partial charge in [-0.05, 0) is 42.2 Å². The van der Waals surface area contributed by atoms with Gasteiger partial charge in [-0.15, -0.1) is 0 Å². The van der Waals surface area contributed by atoms with Gasteiger partial charge in [-0.1, -0.05) is 37.4 Å². The van der Waals surface area contributed by atoms with Crippen LogP contribution in [0, 0.1) is 13.8 Å². The highest BCUT2D eigenvalue weighted by Gasteiger charge is 2.36. The first kappa shape index (κ1) is 16.0. The van der Waals surface area contributed by atoms with E-state index in [1.54, 1.807) is 24.3 Å². The van der Waals surface area contributed by atoms with E-state index in [1.165, 1.54) is 19.2 Å². The molecular formula is C18H16F3N. The van der Waals surface area contributed by atoms with Crippen molar-refractivity contribution in [2.45, 2.75) is 20.0 Å². The van der Waals surface area contributed by atoms with Gasteiger partial charge in [-0.25, -0.2) is 0 Å². The second kappa shape index (κ2) is 5.79. The van der Waals surface area contributed by atoms with Crippen LogP contribution in [0.15, 0.2) is 37.6 Å². The number of pyridine rings is 1. The molecule has 2 rings (SSSR count). The Bertz CT molecular complexity index is 743. The van der Waals surface area contributed by atoms with Crippen LogP contribution in [0.3, 0.4) is 0 Å². The summed E-state index contributed by atoms with van der Waals surface area (Å²) in [6.07, 6.45) is 0.0913. The van der Waals surface area contributed by atoms with Gasteiger partial charge in [0.05, 0.1) is 11.3 Å². The van der Waals surface area contributed by atoms with E-state index in [4.69, 9.17) is 0 Å². The summed E-state index contributed by atoms with van der Waals surface area (Å²) in [5.74, 6) is 0. The van der Waals surface area contributed by atoms with Crippen LogP contribution >= 0.6 is 0 Å². The molecule has 0 aliphatic rings. The second-order valence-corrected chi connectivity index (χ2v) is 5.01. The van der Waals surface area contributed by atoms with Gasteiger partial charge in [0.25, 0.3) is 0 Å². The molecule has 0 aliphatic carbocycles. The van der Waals surface area contributed by atoms with Gasteiger partial charge in [0.15, 0.2) is 0 Å². The van der Waals surface area contributed by atoms with Crippen LogP contribution < -0.4 is 0 Å². The summed E-state index contributed by atoms with van der Waals surface area (Å²) in [5.41, 5.74) is 2.07. The van der Waals surface area contributed by atoms with Gasteiger partial charge >= 0.3 is 6.18 Å². The van der Waals surface area contributed by atoms with Gasteiger partial charge in [0.1, 0.15) is 0 Å². The van der Waals surface area contributed by atoms with Gasteiger partial charge in [-0.3, -0.25) is 4.98 Å². The first-order valence-corrected chi connectivity index (χ1v) is 6.73. The lowest BCUT2D eigenvalue weighted by molar-refractivity contribution is -0.137. The quantitative estimate of drug-likeness (QED) is 0.712. The number of halogens is 3. The van der Waals surface area contributed by atoms with Crippen LogP contribution in [0.1, 0.15) is 27.8 Å². The van der Waals surface area contributed by atoms with Crippen molar-refractivity contribution in [3.8, 4) is 11.3 Å². The maximum atomic E-state index is 13.4. The number of hydrogen-bond acceptors (Lipinski definition) is 1. The SMILES string of the molecule is C=Cc1c(C)ccc(-c2nccc(C)c2C(F)(F)F)c1C=C. The molecule has 0 spiro atoms. The first-order chi connectivity index (χ1) is 10.3. The van der Waals surface area contributed by atoms with Crippen molar-refractivity contribution in [1.29, 1.82) is 0 Å². The molecule has 0 atom stereocenters. The molecular weight excluding hydrogens is 287 g/mol. The molecule has 114 valence electrons. The third kappa shape index (κ3) is 2.69.